The highest BCUT2D eigenvalue weighted by molar-refractivity contribution is 7.99. The quantitative estimate of drug-likeness (QED) is 0.369. The Morgan fingerprint density at radius 2 is 1.87 bits per heavy atom. The van der Waals surface area contributed by atoms with E-state index in [-0.39, 0.29) is 11.4 Å². The van der Waals surface area contributed by atoms with Gasteiger partial charge in [-0.3, -0.25) is 14.7 Å². The van der Waals surface area contributed by atoms with E-state index in [9.17, 15) is 15.2 Å². The molecule has 4 rings (SSSR count). The lowest BCUT2D eigenvalue weighted by Gasteiger charge is -2.14. The van der Waals surface area contributed by atoms with Crippen molar-refractivity contribution in [1.82, 2.24) is 19.7 Å². The Morgan fingerprint density at radius 1 is 1.07 bits per heavy atom. The third-order valence-electron chi connectivity index (χ3n) is 4.50. The van der Waals surface area contributed by atoms with Gasteiger partial charge in [0, 0.05) is 6.07 Å². The number of nitro groups is 1. The molecule has 0 bridgehead atoms. The first-order valence-corrected chi connectivity index (χ1v) is 9.85. The molecular weight excluding hydrogens is 402 g/mol. The van der Waals surface area contributed by atoms with Crippen LogP contribution in [0.15, 0.2) is 71.0 Å². The lowest BCUT2D eigenvalue weighted by molar-refractivity contribution is -0.385. The lowest BCUT2D eigenvalue weighted by Crippen LogP contribution is -2.02. The van der Waals surface area contributed by atoms with Crippen LogP contribution in [-0.4, -0.2) is 29.8 Å². The summed E-state index contributed by atoms with van der Waals surface area (Å²) in [7, 11) is 0. The number of phenols is 1. The van der Waals surface area contributed by atoms with Gasteiger partial charge in [0.05, 0.1) is 16.2 Å². The molecule has 0 spiro atoms. The molecule has 0 atom stereocenters. The minimum atomic E-state index is -0.490. The van der Waals surface area contributed by atoms with Gasteiger partial charge >= 0.3 is 0 Å². The number of hydrogen-bond acceptors (Lipinski definition) is 7. The number of benzene rings is 2. The van der Waals surface area contributed by atoms with Gasteiger partial charge in [0.1, 0.15) is 17.0 Å². The van der Waals surface area contributed by atoms with Crippen molar-refractivity contribution in [2.45, 2.75) is 24.0 Å². The second-order valence-corrected chi connectivity index (χ2v) is 7.65. The van der Waals surface area contributed by atoms with Crippen molar-refractivity contribution in [2.24, 2.45) is 0 Å². The van der Waals surface area contributed by atoms with Crippen LogP contribution < -0.4 is 0 Å². The maximum absolute atomic E-state index is 10.9. The summed E-state index contributed by atoms with van der Waals surface area (Å²) in [4.78, 5) is 14.5. The Bertz CT molecular complexity index is 1240. The molecule has 0 aliphatic rings. The van der Waals surface area contributed by atoms with Gasteiger partial charge in [0.15, 0.2) is 5.82 Å². The van der Waals surface area contributed by atoms with Gasteiger partial charge in [-0.15, -0.1) is 10.2 Å². The van der Waals surface area contributed by atoms with E-state index in [4.69, 9.17) is 0 Å². The first-order chi connectivity index (χ1) is 14.4. The van der Waals surface area contributed by atoms with Gasteiger partial charge in [-0.25, -0.2) is 4.98 Å². The van der Waals surface area contributed by atoms with E-state index in [1.165, 1.54) is 24.0 Å². The van der Waals surface area contributed by atoms with Crippen LogP contribution >= 0.6 is 11.8 Å². The standard InChI is InChI=1S/C21H17N5O3S/c1-13-7-9-17(14(2)11-13)25-20(16-5-3-4-6-18(16)27)23-24-21(25)30-19-10-8-15(12-22-19)26(28)29/h3-12,27H,1-2H3. The molecule has 30 heavy (non-hydrogen) atoms. The summed E-state index contributed by atoms with van der Waals surface area (Å²) in [5.41, 5.74) is 3.48. The van der Waals surface area contributed by atoms with Crippen molar-refractivity contribution < 1.29 is 10.0 Å². The molecular formula is C21H17N5O3S. The highest BCUT2D eigenvalue weighted by Gasteiger charge is 2.20. The van der Waals surface area contributed by atoms with Gasteiger partial charge in [0.2, 0.25) is 5.16 Å². The second-order valence-electron chi connectivity index (χ2n) is 6.66. The molecule has 0 aliphatic heterocycles. The van der Waals surface area contributed by atoms with Crippen molar-refractivity contribution in [3.63, 3.8) is 0 Å². The molecule has 0 amide bonds. The van der Waals surface area contributed by atoms with E-state index in [1.54, 1.807) is 24.3 Å². The topological polar surface area (TPSA) is 107 Å². The molecule has 2 aromatic carbocycles. The van der Waals surface area contributed by atoms with Crippen LogP contribution in [-0.2, 0) is 0 Å². The molecule has 8 nitrogen and oxygen atoms in total. The van der Waals surface area contributed by atoms with Crippen molar-refractivity contribution in [2.75, 3.05) is 0 Å². The van der Waals surface area contributed by atoms with Crippen molar-refractivity contribution >= 4 is 17.4 Å². The molecule has 4 aromatic rings. The first kappa shape index (κ1) is 19.6. The number of aryl methyl sites for hydroxylation is 2. The van der Waals surface area contributed by atoms with Crippen LogP contribution in [0.25, 0.3) is 17.1 Å². The first-order valence-electron chi connectivity index (χ1n) is 9.04. The fourth-order valence-electron chi connectivity index (χ4n) is 3.08. The number of aromatic nitrogens is 4. The normalized spacial score (nSPS) is 10.9. The van der Waals surface area contributed by atoms with Crippen molar-refractivity contribution in [3.05, 3.63) is 82.0 Å². The van der Waals surface area contributed by atoms with E-state index in [0.717, 1.165) is 16.8 Å². The molecule has 1 N–H and O–H groups in total. The summed E-state index contributed by atoms with van der Waals surface area (Å²) in [6, 6.07) is 15.9. The Hall–Kier alpha value is -3.72. The van der Waals surface area contributed by atoms with E-state index < -0.39 is 4.92 Å². The molecule has 9 heteroatoms. The monoisotopic (exact) mass is 419 g/mol. The van der Waals surface area contributed by atoms with Gasteiger partial charge in [-0.1, -0.05) is 29.8 Å². The Morgan fingerprint density at radius 3 is 2.53 bits per heavy atom. The minimum Gasteiger partial charge on any atom is -0.507 e. The number of pyridine rings is 1. The number of phenolic OH excluding ortho intramolecular Hbond substituents is 1. The molecule has 0 aliphatic carbocycles. The summed E-state index contributed by atoms with van der Waals surface area (Å²) < 4.78 is 1.86. The van der Waals surface area contributed by atoms with Crippen molar-refractivity contribution in [3.8, 4) is 22.8 Å². The van der Waals surface area contributed by atoms with Crippen LogP contribution in [0.2, 0.25) is 0 Å². The van der Waals surface area contributed by atoms with Gasteiger partial charge in [-0.05, 0) is 55.4 Å². The second kappa shape index (κ2) is 7.96. The third-order valence-corrected chi connectivity index (χ3v) is 5.40. The molecule has 0 saturated carbocycles. The molecule has 2 heterocycles. The highest BCUT2D eigenvalue weighted by atomic mass is 32.2. The summed E-state index contributed by atoms with van der Waals surface area (Å²) in [6.07, 6.45) is 1.21. The van der Waals surface area contributed by atoms with Gasteiger partial charge in [0.25, 0.3) is 5.69 Å². The average Bonchev–Trinajstić information content (AvgIpc) is 3.12. The molecule has 0 fully saturated rings. The average molecular weight is 419 g/mol. The molecule has 0 radical (unpaired) electrons. The zero-order chi connectivity index (χ0) is 21.3. The van der Waals surface area contributed by atoms with Crippen LogP contribution in [0, 0.1) is 24.0 Å². The Balaban J connectivity index is 1.85. The third kappa shape index (κ3) is 3.74. The summed E-state index contributed by atoms with van der Waals surface area (Å²) in [5, 5.41) is 31.0. The van der Waals surface area contributed by atoms with Crippen LogP contribution in [0.4, 0.5) is 5.69 Å². The molecule has 2 aromatic heterocycles. The van der Waals surface area contributed by atoms with Crippen LogP contribution in [0.3, 0.4) is 0 Å². The van der Waals surface area contributed by atoms with Crippen molar-refractivity contribution in [1.29, 1.82) is 0 Å². The predicted molar refractivity (Wildman–Crippen MR) is 113 cm³/mol. The molecule has 150 valence electrons. The van der Waals surface area contributed by atoms with E-state index in [2.05, 4.69) is 21.2 Å². The van der Waals surface area contributed by atoms with E-state index in [0.29, 0.717) is 21.6 Å². The maximum atomic E-state index is 10.9. The largest absolute Gasteiger partial charge is 0.507 e. The van der Waals surface area contributed by atoms with Gasteiger partial charge in [-0.2, -0.15) is 0 Å². The summed E-state index contributed by atoms with van der Waals surface area (Å²) in [6.45, 7) is 4.01. The fraction of sp³-hybridized carbons (Fsp3) is 0.0952. The van der Waals surface area contributed by atoms with Crippen LogP contribution in [0.1, 0.15) is 11.1 Å². The minimum absolute atomic E-state index is 0.0786. The Kier molecular flexibility index (Phi) is 5.20. The molecule has 0 unspecified atom stereocenters. The SMILES string of the molecule is Cc1ccc(-n2c(Sc3ccc([N+](=O)[O-])cn3)nnc2-c2ccccc2O)c(C)c1. The number of para-hydroxylation sites is 1. The van der Waals surface area contributed by atoms with Gasteiger partial charge < -0.3 is 5.11 Å². The van der Waals surface area contributed by atoms with E-state index >= 15 is 0 Å². The van der Waals surface area contributed by atoms with E-state index in [1.807, 2.05) is 36.6 Å². The summed E-state index contributed by atoms with van der Waals surface area (Å²) >= 11 is 1.24. The number of hydrogen-bond donors (Lipinski definition) is 1. The highest BCUT2D eigenvalue weighted by Crippen LogP contribution is 2.35. The molecule has 0 saturated heterocycles. The maximum Gasteiger partial charge on any atom is 0.287 e. The predicted octanol–water partition coefficient (Wildman–Crippen LogP) is 4.71. The fourth-order valence-corrected chi connectivity index (χ4v) is 3.87. The smallest absolute Gasteiger partial charge is 0.287 e. The number of aromatic hydroxyl groups is 1. The lowest BCUT2D eigenvalue weighted by atomic mass is 10.1. The summed E-state index contributed by atoms with van der Waals surface area (Å²) in [5.74, 6) is 0.588. The zero-order valence-electron chi connectivity index (χ0n) is 16.2. The Labute approximate surface area is 176 Å². The number of rotatable bonds is 5. The zero-order valence-corrected chi connectivity index (χ0v) is 17.0. The van der Waals surface area contributed by atoms with Crippen LogP contribution in [0.5, 0.6) is 5.75 Å². The number of nitrogens with zero attached hydrogens (tertiary/aromatic N) is 5.